The maximum atomic E-state index is 12.6. The van der Waals surface area contributed by atoms with Gasteiger partial charge in [0.1, 0.15) is 0 Å². The molecule has 0 amide bonds. The molecule has 2 aromatic carbocycles. The molecule has 2 aromatic rings. The number of para-hydroxylation sites is 1. The van der Waals surface area contributed by atoms with E-state index in [4.69, 9.17) is 0 Å². The standard InChI is InChI=1S/C22H23NO/c1-17-19(14-13-18-9-5-3-6-10-18)15-20(22(17)24)16-23(2)21-11-7-4-8-12-21/h3-14,16-17,19H,15H2,1-2H3/b14-13+,20-16+. The number of allylic oxidation sites excluding steroid dienone is 2. The summed E-state index contributed by atoms with van der Waals surface area (Å²) in [7, 11) is 1.99. The van der Waals surface area contributed by atoms with Crippen LogP contribution in [0.1, 0.15) is 18.9 Å². The number of hydrogen-bond donors (Lipinski definition) is 0. The molecule has 2 unspecified atom stereocenters. The highest BCUT2D eigenvalue weighted by Crippen LogP contribution is 2.34. The molecule has 0 N–H and O–H groups in total. The van der Waals surface area contributed by atoms with Crippen LogP contribution in [0, 0.1) is 11.8 Å². The molecule has 0 radical (unpaired) electrons. The molecule has 1 aliphatic carbocycles. The first-order valence-electron chi connectivity index (χ1n) is 8.41. The van der Waals surface area contributed by atoms with Gasteiger partial charge in [0, 0.05) is 30.4 Å². The monoisotopic (exact) mass is 317 g/mol. The summed E-state index contributed by atoms with van der Waals surface area (Å²) in [6, 6.07) is 20.3. The molecule has 122 valence electrons. The van der Waals surface area contributed by atoms with Crippen molar-refractivity contribution in [2.24, 2.45) is 11.8 Å². The van der Waals surface area contributed by atoms with Gasteiger partial charge in [0.15, 0.2) is 5.78 Å². The maximum Gasteiger partial charge on any atom is 0.163 e. The molecule has 0 heterocycles. The van der Waals surface area contributed by atoms with E-state index in [1.54, 1.807) is 0 Å². The molecule has 1 aliphatic rings. The van der Waals surface area contributed by atoms with Gasteiger partial charge < -0.3 is 4.90 Å². The Balaban J connectivity index is 1.74. The van der Waals surface area contributed by atoms with Crippen molar-refractivity contribution in [3.05, 3.63) is 84.1 Å². The van der Waals surface area contributed by atoms with Gasteiger partial charge in [-0.2, -0.15) is 0 Å². The van der Waals surface area contributed by atoms with Crippen LogP contribution in [0.2, 0.25) is 0 Å². The lowest BCUT2D eigenvalue weighted by Crippen LogP contribution is -2.12. The quantitative estimate of drug-likeness (QED) is 0.744. The number of ketones is 1. The van der Waals surface area contributed by atoms with Crippen molar-refractivity contribution >= 4 is 17.5 Å². The van der Waals surface area contributed by atoms with Gasteiger partial charge in [-0.3, -0.25) is 4.79 Å². The SMILES string of the molecule is CC1C(=O)/C(=C/N(C)c2ccccc2)CC1/C=C/c1ccccc1. The van der Waals surface area contributed by atoms with E-state index >= 15 is 0 Å². The zero-order chi connectivity index (χ0) is 16.9. The van der Waals surface area contributed by atoms with Crippen LogP contribution in [-0.4, -0.2) is 12.8 Å². The van der Waals surface area contributed by atoms with Gasteiger partial charge >= 0.3 is 0 Å². The summed E-state index contributed by atoms with van der Waals surface area (Å²) < 4.78 is 0. The molecule has 3 rings (SSSR count). The Labute approximate surface area is 144 Å². The summed E-state index contributed by atoms with van der Waals surface area (Å²) in [6.45, 7) is 2.03. The van der Waals surface area contributed by atoms with Crippen LogP contribution in [0.25, 0.3) is 6.08 Å². The van der Waals surface area contributed by atoms with Gasteiger partial charge in [0.25, 0.3) is 0 Å². The van der Waals surface area contributed by atoms with Gasteiger partial charge in [0.2, 0.25) is 0 Å². The fourth-order valence-corrected chi connectivity index (χ4v) is 3.14. The second kappa shape index (κ2) is 7.31. The lowest BCUT2D eigenvalue weighted by atomic mass is 9.96. The fourth-order valence-electron chi connectivity index (χ4n) is 3.14. The normalized spacial score (nSPS) is 22.4. The topological polar surface area (TPSA) is 20.3 Å². The number of hydrogen-bond acceptors (Lipinski definition) is 2. The number of anilines is 1. The molecular weight excluding hydrogens is 294 g/mol. The van der Waals surface area contributed by atoms with Crippen LogP contribution in [0.3, 0.4) is 0 Å². The molecule has 2 atom stereocenters. The van der Waals surface area contributed by atoms with Crippen LogP contribution in [0.4, 0.5) is 5.69 Å². The molecule has 0 bridgehead atoms. The largest absolute Gasteiger partial charge is 0.351 e. The Kier molecular flexibility index (Phi) is 4.95. The van der Waals surface area contributed by atoms with E-state index in [0.29, 0.717) is 0 Å². The minimum absolute atomic E-state index is 0.0420. The first-order valence-corrected chi connectivity index (χ1v) is 8.41. The van der Waals surface area contributed by atoms with Gasteiger partial charge in [-0.05, 0) is 30.0 Å². The highest BCUT2D eigenvalue weighted by atomic mass is 16.1. The van der Waals surface area contributed by atoms with Gasteiger partial charge in [0.05, 0.1) is 0 Å². The average molecular weight is 317 g/mol. The molecule has 1 saturated carbocycles. The second-order valence-electron chi connectivity index (χ2n) is 6.39. The average Bonchev–Trinajstić information content (AvgIpc) is 2.89. The van der Waals surface area contributed by atoms with Crippen LogP contribution in [0.15, 0.2) is 78.5 Å². The summed E-state index contributed by atoms with van der Waals surface area (Å²) in [5.74, 6) is 0.578. The molecule has 24 heavy (non-hydrogen) atoms. The number of nitrogens with zero attached hydrogens (tertiary/aromatic N) is 1. The van der Waals surface area contributed by atoms with Gasteiger partial charge in [-0.15, -0.1) is 0 Å². The Morgan fingerprint density at radius 3 is 2.29 bits per heavy atom. The minimum Gasteiger partial charge on any atom is -0.351 e. The molecule has 1 fully saturated rings. The summed E-state index contributed by atoms with van der Waals surface area (Å²) in [6.07, 6.45) is 7.10. The van der Waals surface area contributed by atoms with Crippen molar-refractivity contribution in [3.8, 4) is 0 Å². The summed E-state index contributed by atoms with van der Waals surface area (Å²) in [5, 5.41) is 0. The molecule has 0 saturated heterocycles. The van der Waals surface area contributed by atoms with Crippen molar-refractivity contribution < 1.29 is 4.79 Å². The lowest BCUT2D eigenvalue weighted by Gasteiger charge is -2.15. The smallest absolute Gasteiger partial charge is 0.163 e. The Morgan fingerprint density at radius 2 is 1.62 bits per heavy atom. The number of benzene rings is 2. The van der Waals surface area contributed by atoms with E-state index in [1.807, 2.05) is 73.6 Å². The third-order valence-corrected chi connectivity index (χ3v) is 4.68. The zero-order valence-corrected chi connectivity index (χ0v) is 14.2. The van der Waals surface area contributed by atoms with Gasteiger partial charge in [-0.25, -0.2) is 0 Å². The fraction of sp³-hybridized carbons (Fsp3) is 0.227. The number of Topliss-reactive ketones (excluding diaryl/α,β-unsaturated/α-hetero) is 1. The van der Waals surface area contributed by atoms with Gasteiger partial charge in [-0.1, -0.05) is 67.6 Å². The van der Waals surface area contributed by atoms with E-state index in [0.717, 1.165) is 17.7 Å². The van der Waals surface area contributed by atoms with E-state index in [9.17, 15) is 4.79 Å². The van der Waals surface area contributed by atoms with Crippen molar-refractivity contribution in [3.63, 3.8) is 0 Å². The molecule has 2 nitrogen and oxygen atoms in total. The number of carbonyl (C=O) groups excluding carboxylic acids is 1. The summed E-state index contributed by atoms with van der Waals surface area (Å²) in [4.78, 5) is 14.6. The molecule has 0 spiro atoms. The minimum atomic E-state index is 0.0420. The highest BCUT2D eigenvalue weighted by molar-refractivity contribution is 6.00. The van der Waals surface area contributed by atoms with Crippen LogP contribution in [-0.2, 0) is 4.79 Å². The molecule has 2 heteroatoms. The van der Waals surface area contributed by atoms with Crippen LogP contribution in [0.5, 0.6) is 0 Å². The van der Waals surface area contributed by atoms with Crippen molar-refractivity contribution in [1.82, 2.24) is 0 Å². The van der Waals surface area contributed by atoms with Crippen molar-refractivity contribution in [1.29, 1.82) is 0 Å². The predicted octanol–water partition coefficient (Wildman–Crippen LogP) is 4.95. The Bertz CT molecular complexity index is 746. The first kappa shape index (κ1) is 16.3. The van der Waals surface area contributed by atoms with E-state index in [-0.39, 0.29) is 17.6 Å². The maximum absolute atomic E-state index is 12.6. The molecular formula is C22H23NO. The summed E-state index contributed by atoms with van der Waals surface area (Å²) >= 11 is 0. The molecule has 0 aromatic heterocycles. The second-order valence-corrected chi connectivity index (χ2v) is 6.39. The highest BCUT2D eigenvalue weighted by Gasteiger charge is 2.33. The summed E-state index contributed by atoms with van der Waals surface area (Å²) in [5.41, 5.74) is 3.18. The predicted molar refractivity (Wildman–Crippen MR) is 101 cm³/mol. The molecule has 0 aliphatic heterocycles. The number of carbonyl (C=O) groups is 1. The Morgan fingerprint density at radius 1 is 1.00 bits per heavy atom. The first-order chi connectivity index (χ1) is 11.6. The van der Waals surface area contributed by atoms with E-state index in [1.165, 1.54) is 5.56 Å². The third-order valence-electron chi connectivity index (χ3n) is 4.68. The van der Waals surface area contributed by atoms with Crippen LogP contribution < -0.4 is 4.90 Å². The number of rotatable bonds is 4. The van der Waals surface area contributed by atoms with Crippen molar-refractivity contribution in [2.75, 3.05) is 11.9 Å². The van der Waals surface area contributed by atoms with Crippen LogP contribution >= 0.6 is 0 Å². The Hall–Kier alpha value is -2.61. The van der Waals surface area contributed by atoms with Crippen molar-refractivity contribution in [2.45, 2.75) is 13.3 Å². The van der Waals surface area contributed by atoms with E-state index < -0.39 is 0 Å². The lowest BCUT2D eigenvalue weighted by molar-refractivity contribution is -0.117. The van der Waals surface area contributed by atoms with E-state index in [2.05, 4.69) is 24.3 Å². The zero-order valence-electron chi connectivity index (χ0n) is 14.2. The third kappa shape index (κ3) is 3.65.